The lowest BCUT2D eigenvalue weighted by atomic mass is 9.91. The van der Waals surface area contributed by atoms with Crippen molar-refractivity contribution < 1.29 is 19.1 Å². The lowest BCUT2D eigenvalue weighted by Crippen LogP contribution is -2.49. The van der Waals surface area contributed by atoms with Crippen molar-refractivity contribution in [1.29, 1.82) is 0 Å². The van der Waals surface area contributed by atoms with E-state index in [1.165, 1.54) is 36.1 Å². The molecule has 1 aromatic heterocycles. The largest absolute Gasteiger partial charge is 0.388 e. The van der Waals surface area contributed by atoms with E-state index in [0.717, 1.165) is 0 Å². The molecule has 11 heteroatoms. The van der Waals surface area contributed by atoms with Gasteiger partial charge in [-0.2, -0.15) is 0 Å². The van der Waals surface area contributed by atoms with Gasteiger partial charge in [0.2, 0.25) is 0 Å². The molecule has 0 atom stereocenters. The van der Waals surface area contributed by atoms with Crippen LogP contribution in [-0.4, -0.2) is 62.7 Å². The molecule has 1 aliphatic rings. The molecule has 3 rings (SSSR count). The zero-order valence-corrected chi connectivity index (χ0v) is 15.9. The van der Waals surface area contributed by atoms with Gasteiger partial charge in [-0.15, -0.1) is 5.10 Å². The Kier molecular flexibility index (Phi) is 5.80. The van der Waals surface area contributed by atoms with Crippen LogP contribution in [0, 0.1) is 5.82 Å². The molecule has 0 bridgehead atoms. The van der Waals surface area contributed by atoms with Gasteiger partial charge in [-0.3, -0.25) is 4.79 Å². The maximum atomic E-state index is 13.2. The van der Waals surface area contributed by atoms with Gasteiger partial charge in [0.1, 0.15) is 5.82 Å². The molecule has 0 radical (unpaired) electrons. The number of likely N-dealkylation sites (tertiary alicyclic amines) is 1. The van der Waals surface area contributed by atoms with Gasteiger partial charge in [-0.05, 0) is 31.0 Å². The summed E-state index contributed by atoms with van der Waals surface area (Å²) >= 11 is 5.72. The number of aromatic nitrogens is 3. The Morgan fingerprint density at radius 1 is 1.36 bits per heavy atom. The summed E-state index contributed by atoms with van der Waals surface area (Å²) in [6.07, 6.45) is 2.13. The maximum Gasteiger partial charge on any atom is 0.321 e. The number of urea groups is 1. The molecule has 2 heterocycles. The molecule has 1 saturated heterocycles. The fraction of sp³-hybridized carbons (Fsp3) is 0.412. The Balaban J connectivity index is 1.55. The number of benzene rings is 1. The van der Waals surface area contributed by atoms with Crippen LogP contribution < -0.4 is 10.6 Å². The van der Waals surface area contributed by atoms with Gasteiger partial charge in [0, 0.05) is 25.8 Å². The highest BCUT2D eigenvalue weighted by Gasteiger charge is 2.35. The van der Waals surface area contributed by atoms with Crippen LogP contribution in [-0.2, 0) is 6.54 Å². The predicted octanol–water partition coefficient (Wildman–Crippen LogP) is 1.49. The number of carbonyl (C=O) groups excluding carboxylic acids is 2. The highest BCUT2D eigenvalue weighted by molar-refractivity contribution is 6.31. The second kappa shape index (κ2) is 8.11. The fourth-order valence-corrected chi connectivity index (χ4v) is 3.15. The third kappa shape index (κ3) is 4.57. The van der Waals surface area contributed by atoms with E-state index >= 15 is 0 Å². The van der Waals surface area contributed by atoms with E-state index in [1.54, 1.807) is 4.90 Å². The second-order valence-corrected chi connectivity index (χ2v) is 7.06. The summed E-state index contributed by atoms with van der Waals surface area (Å²) in [5, 5.41) is 23.4. The normalized spacial score (nSPS) is 15.9. The Morgan fingerprint density at radius 3 is 2.71 bits per heavy atom. The van der Waals surface area contributed by atoms with Crippen LogP contribution in [0.4, 0.5) is 14.9 Å². The van der Waals surface area contributed by atoms with Crippen LogP contribution >= 0.6 is 11.6 Å². The first kappa shape index (κ1) is 20.0. The van der Waals surface area contributed by atoms with Crippen molar-refractivity contribution in [2.45, 2.75) is 25.0 Å². The molecule has 3 N–H and O–H groups in total. The molecule has 9 nitrogen and oxygen atoms in total. The van der Waals surface area contributed by atoms with Gasteiger partial charge in [0.15, 0.2) is 5.69 Å². The lowest BCUT2D eigenvalue weighted by Gasteiger charge is -2.37. The SMILES string of the molecule is CNC(=O)c1cn(CC2(O)CCN(C(=O)Nc3ccc(F)c(Cl)c3)CC2)nn1. The zero-order chi connectivity index (χ0) is 20.3. The van der Waals surface area contributed by atoms with Gasteiger partial charge >= 0.3 is 6.03 Å². The van der Waals surface area contributed by atoms with Gasteiger partial charge < -0.3 is 20.6 Å². The summed E-state index contributed by atoms with van der Waals surface area (Å²) in [4.78, 5) is 25.5. The monoisotopic (exact) mass is 410 g/mol. The number of piperidine rings is 1. The summed E-state index contributed by atoms with van der Waals surface area (Å²) in [6.45, 7) is 0.822. The van der Waals surface area contributed by atoms with Crippen molar-refractivity contribution in [3.63, 3.8) is 0 Å². The van der Waals surface area contributed by atoms with E-state index in [4.69, 9.17) is 11.6 Å². The van der Waals surface area contributed by atoms with Gasteiger partial charge in [-0.1, -0.05) is 16.8 Å². The molecule has 2 aromatic rings. The van der Waals surface area contributed by atoms with Crippen molar-refractivity contribution >= 4 is 29.2 Å². The Morgan fingerprint density at radius 2 is 2.07 bits per heavy atom. The number of halogens is 2. The first-order chi connectivity index (χ1) is 13.3. The molecule has 0 unspecified atom stereocenters. The molecule has 0 saturated carbocycles. The van der Waals surface area contributed by atoms with E-state index in [9.17, 15) is 19.1 Å². The van der Waals surface area contributed by atoms with Crippen LogP contribution in [0.15, 0.2) is 24.4 Å². The Hall–Kier alpha value is -2.72. The summed E-state index contributed by atoms with van der Waals surface area (Å²) < 4.78 is 14.6. The molecule has 1 aliphatic heterocycles. The predicted molar refractivity (Wildman–Crippen MR) is 99.6 cm³/mol. The number of hydrogen-bond acceptors (Lipinski definition) is 5. The number of aliphatic hydroxyl groups is 1. The molecule has 1 fully saturated rings. The first-order valence-corrected chi connectivity index (χ1v) is 9.03. The lowest BCUT2D eigenvalue weighted by molar-refractivity contribution is -0.0276. The van der Waals surface area contributed by atoms with E-state index in [2.05, 4.69) is 20.9 Å². The van der Waals surface area contributed by atoms with E-state index in [1.807, 2.05) is 0 Å². The van der Waals surface area contributed by atoms with Crippen LogP contribution in [0.1, 0.15) is 23.3 Å². The van der Waals surface area contributed by atoms with Crippen LogP contribution in [0.2, 0.25) is 5.02 Å². The third-order valence-electron chi connectivity index (χ3n) is 4.61. The van der Waals surface area contributed by atoms with Gasteiger partial charge in [-0.25, -0.2) is 13.9 Å². The summed E-state index contributed by atoms with van der Waals surface area (Å²) in [6, 6.07) is 3.59. The average molecular weight is 411 g/mol. The average Bonchev–Trinajstić information content (AvgIpc) is 3.12. The number of rotatable bonds is 4. The summed E-state index contributed by atoms with van der Waals surface area (Å²) in [5.41, 5.74) is -0.508. The third-order valence-corrected chi connectivity index (χ3v) is 4.90. The van der Waals surface area contributed by atoms with Crippen molar-refractivity contribution in [3.05, 3.63) is 40.9 Å². The number of carbonyl (C=O) groups is 2. The smallest absolute Gasteiger partial charge is 0.321 e. The molecule has 1 aromatic carbocycles. The van der Waals surface area contributed by atoms with Crippen molar-refractivity contribution in [3.8, 4) is 0 Å². The minimum absolute atomic E-state index is 0.0743. The van der Waals surface area contributed by atoms with E-state index < -0.39 is 11.4 Å². The second-order valence-electron chi connectivity index (χ2n) is 6.65. The minimum atomic E-state index is -1.07. The zero-order valence-electron chi connectivity index (χ0n) is 15.2. The first-order valence-electron chi connectivity index (χ1n) is 8.65. The highest BCUT2D eigenvalue weighted by atomic mass is 35.5. The van der Waals surface area contributed by atoms with Crippen LogP contribution in [0.25, 0.3) is 0 Å². The Labute approximate surface area is 165 Å². The minimum Gasteiger partial charge on any atom is -0.388 e. The number of amides is 3. The quantitative estimate of drug-likeness (QED) is 0.707. The topological polar surface area (TPSA) is 112 Å². The fourth-order valence-electron chi connectivity index (χ4n) is 2.97. The molecular weight excluding hydrogens is 391 g/mol. The number of hydrogen-bond donors (Lipinski definition) is 3. The number of anilines is 1. The van der Waals surface area contributed by atoms with Crippen molar-refractivity contribution in [2.24, 2.45) is 0 Å². The van der Waals surface area contributed by atoms with Gasteiger partial charge in [0.25, 0.3) is 5.91 Å². The summed E-state index contributed by atoms with van der Waals surface area (Å²) in [7, 11) is 1.50. The highest BCUT2D eigenvalue weighted by Crippen LogP contribution is 2.25. The number of nitrogens with zero attached hydrogens (tertiary/aromatic N) is 4. The molecule has 0 spiro atoms. The van der Waals surface area contributed by atoms with E-state index in [-0.39, 0.29) is 29.2 Å². The van der Waals surface area contributed by atoms with Crippen LogP contribution in [0.3, 0.4) is 0 Å². The Bertz CT molecular complexity index is 882. The standard InChI is InChI=1S/C17H20ClFN6O3/c1-20-15(26)14-9-25(23-22-14)10-17(28)4-6-24(7-5-17)16(27)21-11-2-3-13(19)12(18)8-11/h2-3,8-9,28H,4-7,10H2,1H3,(H,20,26)(H,21,27). The van der Waals surface area contributed by atoms with Gasteiger partial charge in [0.05, 0.1) is 23.4 Å². The number of nitrogens with one attached hydrogen (secondary N) is 2. The molecule has 0 aliphatic carbocycles. The molecule has 3 amide bonds. The van der Waals surface area contributed by atoms with Crippen LogP contribution in [0.5, 0.6) is 0 Å². The summed E-state index contributed by atoms with van der Waals surface area (Å²) in [5.74, 6) is -0.916. The molecule has 150 valence electrons. The molecule has 28 heavy (non-hydrogen) atoms. The van der Waals surface area contributed by atoms with E-state index in [0.29, 0.717) is 31.6 Å². The maximum absolute atomic E-state index is 13.2. The van der Waals surface area contributed by atoms with Crippen molar-refractivity contribution in [2.75, 3.05) is 25.5 Å². The molecular formula is C17H20ClFN6O3. The van der Waals surface area contributed by atoms with Crippen molar-refractivity contribution in [1.82, 2.24) is 25.2 Å².